The van der Waals surface area contributed by atoms with E-state index in [2.05, 4.69) is 41.4 Å². The van der Waals surface area contributed by atoms with E-state index in [-0.39, 0.29) is 0 Å². The molecule has 3 rings (SSSR count). The van der Waals surface area contributed by atoms with Gasteiger partial charge in [-0.3, -0.25) is 4.90 Å². The summed E-state index contributed by atoms with van der Waals surface area (Å²) in [7, 11) is 0. The number of rotatable bonds is 0. The summed E-state index contributed by atoms with van der Waals surface area (Å²) < 4.78 is 0. The molecule has 2 aliphatic rings. The molecule has 0 amide bonds. The van der Waals surface area contributed by atoms with Crippen molar-refractivity contribution < 1.29 is 0 Å². The maximum Gasteiger partial charge on any atom is 0.0505 e. The van der Waals surface area contributed by atoms with Crippen LogP contribution in [0.15, 0.2) is 24.3 Å². The van der Waals surface area contributed by atoms with Gasteiger partial charge in [0, 0.05) is 25.7 Å². The summed E-state index contributed by atoms with van der Waals surface area (Å²) in [5, 5.41) is 3.55. The molecule has 1 aromatic carbocycles. The minimum atomic E-state index is 0.590. The molecular formula is C12H16N2. The molecule has 1 N–H and O–H groups in total. The zero-order valence-electron chi connectivity index (χ0n) is 8.53. The molecule has 1 aromatic rings. The number of nitrogens with one attached hydrogen (secondary N) is 1. The molecule has 0 saturated carbocycles. The normalized spacial score (nSPS) is 31.2. The number of hydrogen-bond acceptors (Lipinski definition) is 2. The lowest BCUT2D eigenvalue weighted by Gasteiger charge is -2.36. The molecular weight excluding hydrogens is 172 g/mol. The van der Waals surface area contributed by atoms with Gasteiger partial charge in [0.05, 0.1) is 6.04 Å². The highest BCUT2D eigenvalue weighted by atomic mass is 15.2. The molecule has 0 aromatic heterocycles. The topological polar surface area (TPSA) is 15.3 Å². The number of benzene rings is 1. The SMILES string of the molecule is C[C@H]1NCCN2Cc3ccccc3[C@@H]12. The summed E-state index contributed by atoms with van der Waals surface area (Å²) in [5.74, 6) is 0. The van der Waals surface area contributed by atoms with Gasteiger partial charge in [0.1, 0.15) is 0 Å². The van der Waals surface area contributed by atoms with Crippen LogP contribution < -0.4 is 5.32 Å². The quantitative estimate of drug-likeness (QED) is 0.664. The van der Waals surface area contributed by atoms with Crippen LogP contribution in [0.25, 0.3) is 0 Å². The van der Waals surface area contributed by atoms with Gasteiger partial charge in [0.25, 0.3) is 0 Å². The summed E-state index contributed by atoms with van der Waals surface area (Å²) >= 11 is 0. The first kappa shape index (κ1) is 8.45. The van der Waals surface area contributed by atoms with Gasteiger partial charge >= 0.3 is 0 Å². The third-order valence-corrected chi connectivity index (χ3v) is 3.48. The first-order chi connectivity index (χ1) is 6.86. The van der Waals surface area contributed by atoms with Gasteiger partial charge in [-0.25, -0.2) is 0 Å². The lowest BCUT2D eigenvalue weighted by Crippen LogP contribution is -2.48. The molecule has 14 heavy (non-hydrogen) atoms. The minimum absolute atomic E-state index is 0.590. The highest BCUT2D eigenvalue weighted by molar-refractivity contribution is 5.35. The highest BCUT2D eigenvalue weighted by Crippen LogP contribution is 2.36. The van der Waals surface area contributed by atoms with Crippen molar-refractivity contribution in [1.82, 2.24) is 10.2 Å². The van der Waals surface area contributed by atoms with E-state index in [0.29, 0.717) is 12.1 Å². The highest BCUT2D eigenvalue weighted by Gasteiger charge is 2.35. The molecule has 0 aliphatic carbocycles. The Kier molecular flexibility index (Phi) is 1.85. The van der Waals surface area contributed by atoms with Crippen LogP contribution in [0.4, 0.5) is 0 Å². The molecule has 1 saturated heterocycles. The lowest BCUT2D eigenvalue weighted by atomic mass is 9.98. The van der Waals surface area contributed by atoms with E-state index < -0.39 is 0 Å². The second kappa shape index (κ2) is 3.07. The largest absolute Gasteiger partial charge is 0.311 e. The number of hydrogen-bond donors (Lipinski definition) is 1. The summed E-state index contributed by atoms with van der Waals surface area (Å²) in [6, 6.07) is 10.1. The van der Waals surface area contributed by atoms with Crippen molar-refractivity contribution in [3.8, 4) is 0 Å². The van der Waals surface area contributed by atoms with Crippen molar-refractivity contribution >= 4 is 0 Å². The third kappa shape index (κ3) is 1.11. The standard InChI is InChI=1S/C12H16N2/c1-9-12-11-5-3-2-4-10(11)8-14(12)7-6-13-9/h2-5,9,12-13H,6-8H2,1H3/t9-,12-/m1/s1. The van der Waals surface area contributed by atoms with Crippen LogP contribution in [0.1, 0.15) is 24.1 Å². The maximum atomic E-state index is 3.55. The molecule has 2 aliphatic heterocycles. The number of nitrogens with zero attached hydrogens (tertiary/aromatic N) is 1. The van der Waals surface area contributed by atoms with Crippen LogP contribution in [-0.4, -0.2) is 24.0 Å². The molecule has 0 radical (unpaired) electrons. The van der Waals surface area contributed by atoms with Gasteiger partial charge in [0.2, 0.25) is 0 Å². The Bertz CT molecular complexity index is 348. The van der Waals surface area contributed by atoms with Crippen molar-refractivity contribution in [2.45, 2.75) is 25.6 Å². The van der Waals surface area contributed by atoms with Crippen LogP contribution >= 0.6 is 0 Å². The first-order valence-corrected chi connectivity index (χ1v) is 5.41. The van der Waals surface area contributed by atoms with Crippen molar-refractivity contribution in [3.05, 3.63) is 35.4 Å². The van der Waals surface area contributed by atoms with Gasteiger partial charge in [-0.15, -0.1) is 0 Å². The fraction of sp³-hybridized carbons (Fsp3) is 0.500. The summed E-state index contributed by atoms with van der Waals surface area (Å²) in [4.78, 5) is 2.59. The Hall–Kier alpha value is -0.860. The van der Waals surface area contributed by atoms with E-state index in [1.807, 2.05) is 0 Å². The second-order valence-electron chi connectivity index (χ2n) is 4.36. The van der Waals surface area contributed by atoms with Crippen molar-refractivity contribution in [2.24, 2.45) is 0 Å². The average Bonchev–Trinajstić information content (AvgIpc) is 2.57. The number of piperazine rings is 1. The molecule has 2 heteroatoms. The molecule has 0 unspecified atom stereocenters. The van der Waals surface area contributed by atoms with Gasteiger partial charge in [-0.2, -0.15) is 0 Å². The van der Waals surface area contributed by atoms with Crippen molar-refractivity contribution in [3.63, 3.8) is 0 Å². The zero-order valence-corrected chi connectivity index (χ0v) is 8.53. The van der Waals surface area contributed by atoms with E-state index in [1.54, 1.807) is 0 Å². The summed E-state index contributed by atoms with van der Waals surface area (Å²) in [6.07, 6.45) is 0. The van der Waals surface area contributed by atoms with Crippen molar-refractivity contribution in [2.75, 3.05) is 13.1 Å². The second-order valence-corrected chi connectivity index (χ2v) is 4.36. The van der Waals surface area contributed by atoms with Gasteiger partial charge in [-0.05, 0) is 18.1 Å². The maximum absolute atomic E-state index is 3.55. The van der Waals surface area contributed by atoms with Gasteiger partial charge < -0.3 is 5.32 Å². The van der Waals surface area contributed by atoms with Crippen LogP contribution in [0.3, 0.4) is 0 Å². The van der Waals surface area contributed by atoms with Crippen LogP contribution in [0.5, 0.6) is 0 Å². The first-order valence-electron chi connectivity index (χ1n) is 5.41. The Morgan fingerprint density at radius 1 is 1.36 bits per heavy atom. The van der Waals surface area contributed by atoms with Gasteiger partial charge in [0.15, 0.2) is 0 Å². The Morgan fingerprint density at radius 2 is 2.21 bits per heavy atom. The van der Waals surface area contributed by atoms with E-state index >= 15 is 0 Å². The van der Waals surface area contributed by atoms with E-state index in [1.165, 1.54) is 17.7 Å². The monoisotopic (exact) mass is 188 g/mol. The lowest BCUT2D eigenvalue weighted by molar-refractivity contribution is 0.141. The molecule has 0 bridgehead atoms. The number of fused-ring (bicyclic) bond motifs is 3. The summed E-state index contributed by atoms with van der Waals surface area (Å²) in [6.45, 7) is 5.75. The van der Waals surface area contributed by atoms with Crippen LogP contribution in [-0.2, 0) is 6.54 Å². The molecule has 0 spiro atoms. The van der Waals surface area contributed by atoms with E-state index in [9.17, 15) is 0 Å². The third-order valence-electron chi connectivity index (χ3n) is 3.48. The predicted octanol–water partition coefficient (Wildman–Crippen LogP) is 1.53. The summed E-state index contributed by atoms with van der Waals surface area (Å²) in [5.41, 5.74) is 3.06. The molecule has 74 valence electrons. The molecule has 2 heterocycles. The minimum Gasteiger partial charge on any atom is -0.311 e. The van der Waals surface area contributed by atoms with Crippen LogP contribution in [0, 0.1) is 0 Å². The van der Waals surface area contributed by atoms with Crippen LogP contribution in [0.2, 0.25) is 0 Å². The fourth-order valence-corrected chi connectivity index (χ4v) is 2.83. The Balaban J connectivity index is 2.03. The Morgan fingerprint density at radius 3 is 3.14 bits per heavy atom. The van der Waals surface area contributed by atoms with Gasteiger partial charge in [-0.1, -0.05) is 24.3 Å². The smallest absolute Gasteiger partial charge is 0.0505 e. The molecule has 2 nitrogen and oxygen atoms in total. The molecule has 1 fully saturated rings. The zero-order chi connectivity index (χ0) is 9.54. The van der Waals surface area contributed by atoms with E-state index in [4.69, 9.17) is 0 Å². The van der Waals surface area contributed by atoms with E-state index in [0.717, 1.165) is 13.1 Å². The fourth-order valence-electron chi connectivity index (χ4n) is 2.83. The average molecular weight is 188 g/mol. The predicted molar refractivity (Wildman–Crippen MR) is 57.1 cm³/mol. The van der Waals surface area contributed by atoms with Crippen molar-refractivity contribution in [1.29, 1.82) is 0 Å². The Labute approximate surface area is 84.9 Å². The molecule has 2 atom stereocenters.